The van der Waals surface area contributed by atoms with Crippen LogP contribution in [0.15, 0.2) is 29.9 Å². The van der Waals surface area contributed by atoms with Gasteiger partial charge in [0.1, 0.15) is 11.9 Å². The molecule has 0 radical (unpaired) electrons. The van der Waals surface area contributed by atoms with E-state index in [4.69, 9.17) is 0 Å². The molecule has 1 N–H and O–H groups in total. The molecule has 0 bridgehead atoms. The van der Waals surface area contributed by atoms with Crippen molar-refractivity contribution in [3.63, 3.8) is 0 Å². The summed E-state index contributed by atoms with van der Waals surface area (Å²) in [5.41, 5.74) is -0.403. The molecule has 0 saturated carbocycles. The number of thiophene rings is 1. The SMILES string of the molecule is Cn1ccnc1C(NC1(C)CCS(=O)(=O)C1)c1cccs1. The van der Waals surface area contributed by atoms with E-state index in [0.717, 1.165) is 10.7 Å². The monoisotopic (exact) mass is 325 g/mol. The highest BCUT2D eigenvalue weighted by Gasteiger charge is 2.40. The van der Waals surface area contributed by atoms with E-state index >= 15 is 0 Å². The van der Waals surface area contributed by atoms with Gasteiger partial charge in [0.15, 0.2) is 9.84 Å². The summed E-state index contributed by atoms with van der Waals surface area (Å²) in [5, 5.41) is 5.57. The van der Waals surface area contributed by atoms with Crippen molar-refractivity contribution >= 4 is 21.2 Å². The van der Waals surface area contributed by atoms with Crippen molar-refractivity contribution in [2.24, 2.45) is 7.05 Å². The summed E-state index contributed by atoms with van der Waals surface area (Å²) in [6.07, 6.45) is 4.32. The summed E-state index contributed by atoms with van der Waals surface area (Å²) in [4.78, 5) is 5.59. The highest BCUT2D eigenvalue weighted by atomic mass is 32.2. The van der Waals surface area contributed by atoms with Crippen molar-refractivity contribution in [1.29, 1.82) is 0 Å². The van der Waals surface area contributed by atoms with E-state index in [0.29, 0.717) is 6.42 Å². The van der Waals surface area contributed by atoms with Crippen LogP contribution < -0.4 is 5.32 Å². The first-order valence-corrected chi connectivity index (χ1v) is 9.57. The van der Waals surface area contributed by atoms with Gasteiger partial charge >= 0.3 is 0 Å². The zero-order valence-corrected chi connectivity index (χ0v) is 13.7. The molecule has 114 valence electrons. The number of aryl methyl sites for hydroxylation is 1. The molecule has 2 aromatic rings. The van der Waals surface area contributed by atoms with Crippen LogP contribution in [-0.4, -0.2) is 35.0 Å². The first-order chi connectivity index (χ1) is 9.89. The lowest BCUT2D eigenvalue weighted by molar-refractivity contribution is 0.359. The summed E-state index contributed by atoms with van der Waals surface area (Å²) in [7, 11) is -0.977. The fourth-order valence-electron chi connectivity index (χ4n) is 2.85. The molecule has 5 nitrogen and oxygen atoms in total. The van der Waals surface area contributed by atoms with E-state index in [9.17, 15) is 8.42 Å². The van der Waals surface area contributed by atoms with Crippen LogP contribution in [0.4, 0.5) is 0 Å². The Morgan fingerprint density at radius 3 is 2.86 bits per heavy atom. The average molecular weight is 325 g/mol. The van der Waals surface area contributed by atoms with Crippen LogP contribution in [0.3, 0.4) is 0 Å². The number of rotatable bonds is 4. The molecule has 2 aromatic heterocycles. The van der Waals surface area contributed by atoms with Crippen LogP contribution in [0.2, 0.25) is 0 Å². The Kier molecular flexibility index (Phi) is 3.67. The lowest BCUT2D eigenvalue weighted by Crippen LogP contribution is -2.46. The van der Waals surface area contributed by atoms with Gasteiger partial charge < -0.3 is 4.57 Å². The van der Waals surface area contributed by atoms with Crippen molar-refractivity contribution in [3.8, 4) is 0 Å². The quantitative estimate of drug-likeness (QED) is 0.930. The predicted octanol–water partition coefficient (Wildman–Crippen LogP) is 1.74. The summed E-state index contributed by atoms with van der Waals surface area (Å²) in [6, 6.07) is 3.98. The fraction of sp³-hybridized carbons (Fsp3) is 0.500. The Balaban J connectivity index is 1.93. The Morgan fingerprint density at radius 2 is 2.33 bits per heavy atom. The Morgan fingerprint density at radius 1 is 1.52 bits per heavy atom. The Bertz CT molecular complexity index is 721. The minimum absolute atomic E-state index is 0.0803. The highest BCUT2D eigenvalue weighted by Crippen LogP contribution is 2.31. The van der Waals surface area contributed by atoms with Crippen molar-refractivity contribution in [2.45, 2.75) is 24.9 Å². The van der Waals surface area contributed by atoms with Gasteiger partial charge in [-0.3, -0.25) is 5.32 Å². The van der Waals surface area contributed by atoms with Crippen LogP contribution in [0.25, 0.3) is 0 Å². The van der Waals surface area contributed by atoms with Gasteiger partial charge in [-0.25, -0.2) is 13.4 Å². The second-order valence-electron chi connectivity index (χ2n) is 5.89. The molecule has 2 atom stereocenters. The molecular weight excluding hydrogens is 306 g/mol. The second-order valence-corrected chi connectivity index (χ2v) is 9.06. The smallest absolute Gasteiger partial charge is 0.152 e. The number of sulfone groups is 1. The second kappa shape index (κ2) is 5.23. The van der Waals surface area contributed by atoms with E-state index in [1.165, 1.54) is 0 Å². The lowest BCUT2D eigenvalue weighted by atomic mass is 9.99. The third kappa shape index (κ3) is 3.04. The average Bonchev–Trinajstić information content (AvgIpc) is 3.09. The molecule has 0 aromatic carbocycles. The molecule has 21 heavy (non-hydrogen) atoms. The minimum atomic E-state index is -2.93. The first kappa shape index (κ1) is 14.7. The molecule has 7 heteroatoms. The van der Waals surface area contributed by atoms with Crippen LogP contribution in [-0.2, 0) is 16.9 Å². The maximum atomic E-state index is 11.8. The summed E-state index contributed by atoms with van der Waals surface area (Å²) in [6.45, 7) is 1.99. The zero-order chi connectivity index (χ0) is 15.1. The first-order valence-electron chi connectivity index (χ1n) is 6.87. The van der Waals surface area contributed by atoms with E-state index in [1.54, 1.807) is 17.5 Å². The van der Waals surface area contributed by atoms with E-state index in [2.05, 4.69) is 16.4 Å². The van der Waals surface area contributed by atoms with Gasteiger partial charge in [-0.1, -0.05) is 6.07 Å². The van der Waals surface area contributed by atoms with Crippen LogP contribution in [0, 0.1) is 0 Å². The van der Waals surface area contributed by atoms with Gasteiger partial charge in [-0.15, -0.1) is 11.3 Å². The van der Waals surface area contributed by atoms with Crippen molar-refractivity contribution in [2.75, 3.05) is 11.5 Å². The zero-order valence-electron chi connectivity index (χ0n) is 12.1. The number of nitrogens with one attached hydrogen (secondary N) is 1. The topological polar surface area (TPSA) is 64.0 Å². The molecule has 0 aliphatic carbocycles. The molecule has 0 spiro atoms. The van der Waals surface area contributed by atoms with E-state index in [1.807, 2.05) is 36.2 Å². The molecule has 1 aliphatic rings. The van der Waals surface area contributed by atoms with Crippen molar-refractivity contribution in [1.82, 2.24) is 14.9 Å². The highest BCUT2D eigenvalue weighted by molar-refractivity contribution is 7.91. The molecule has 1 fully saturated rings. The number of nitrogens with zero attached hydrogens (tertiary/aromatic N) is 2. The Labute approximate surface area is 128 Å². The number of imidazole rings is 1. The van der Waals surface area contributed by atoms with Crippen LogP contribution in [0.5, 0.6) is 0 Å². The summed E-state index contributed by atoms with van der Waals surface area (Å²) in [5.74, 6) is 1.35. The van der Waals surface area contributed by atoms with E-state index in [-0.39, 0.29) is 17.5 Å². The summed E-state index contributed by atoms with van der Waals surface area (Å²) >= 11 is 1.65. The number of hydrogen-bond acceptors (Lipinski definition) is 5. The Hall–Kier alpha value is -1.18. The van der Waals surface area contributed by atoms with Crippen molar-refractivity contribution in [3.05, 3.63) is 40.6 Å². The number of aromatic nitrogens is 2. The molecular formula is C14H19N3O2S2. The third-order valence-electron chi connectivity index (χ3n) is 3.94. The molecule has 1 aliphatic heterocycles. The molecule has 2 unspecified atom stereocenters. The normalized spacial score (nSPS) is 26.0. The molecule has 3 rings (SSSR count). The lowest BCUT2D eigenvalue weighted by Gasteiger charge is -2.30. The molecule has 3 heterocycles. The minimum Gasteiger partial charge on any atom is -0.336 e. The number of hydrogen-bond donors (Lipinski definition) is 1. The maximum Gasteiger partial charge on any atom is 0.152 e. The van der Waals surface area contributed by atoms with E-state index < -0.39 is 15.4 Å². The van der Waals surface area contributed by atoms with Gasteiger partial charge in [-0.05, 0) is 24.8 Å². The van der Waals surface area contributed by atoms with Gasteiger partial charge in [0, 0.05) is 29.9 Å². The van der Waals surface area contributed by atoms with Gasteiger partial charge in [0.25, 0.3) is 0 Å². The van der Waals surface area contributed by atoms with Crippen molar-refractivity contribution < 1.29 is 8.42 Å². The molecule has 0 amide bonds. The fourth-order valence-corrected chi connectivity index (χ4v) is 5.72. The standard InChI is InChI=1S/C14H19N3O2S2/c1-14(5-9-21(18,19)10-14)16-12(11-4-3-8-20-11)13-15-6-7-17(13)2/h3-4,6-8,12,16H,5,9-10H2,1-2H3. The largest absolute Gasteiger partial charge is 0.336 e. The predicted molar refractivity (Wildman–Crippen MR) is 84.2 cm³/mol. The van der Waals surface area contributed by atoms with Gasteiger partial charge in [-0.2, -0.15) is 0 Å². The van der Waals surface area contributed by atoms with Gasteiger partial charge in [0.05, 0.1) is 11.5 Å². The third-order valence-corrected chi connectivity index (χ3v) is 6.78. The van der Waals surface area contributed by atoms with Crippen LogP contribution >= 0.6 is 11.3 Å². The maximum absolute atomic E-state index is 11.8. The van der Waals surface area contributed by atoms with Gasteiger partial charge in [0.2, 0.25) is 0 Å². The molecule has 1 saturated heterocycles. The summed E-state index contributed by atoms with van der Waals surface area (Å²) < 4.78 is 25.6. The van der Waals surface area contributed by atoms with Crippen LogP contribution in [0.1, 0.15) is 30.1 Å².